The normalized spacial score (nSPS) is 29.3. The smallest absolute Gasteiger partial charge is 0.0900 e. The van der Waals surface area contributed by atoms with Gasteiger partial charge in [-0.05, 0) is 55.8 Å². The fourth-order valence-corrected chi connectivity index (χ4v) is 2.91. The first-order chi connectivity index (χ1) is 8.05. The highest BCUT2D eigenvalue weighted by Gasteiger charge is 2.35. The minimum Gasteiger partial charge on any atom is -0.385 e. The van der Waals surface area contributed by atoms with Gasteiger partial charge in [0.25, 0.3) is 0 Å². The van der Waals surface area contributed by atoms with Crippen molar-refractivity contribution in [2.75, 3.05) is 6.54 Å². The van der Waals surface area contributed by atoms with E-state index in [1.54, 1.807) is 12.1 Å². The Morgan fingerprint density at radius 3 is 2.76 bits per heavy atom. The number of nitrogens with two attached hydrogens (primary N) is 1. The third-order valence-corrected chi connectivity index (χ3v) is 4.36. The molecule has 1 aromatic carbocycles. The van der Waals surface area contributed by atoms with Crippen molar-refractivity contribution in [3.8, 4) is 0 Å². The van der Waals surface area contributed by atoms with E-state index >= 15 is 0 Å². The van der Waals surface area contributed by atoms with Crippen molar-refractivity contribution in [3.63, 3.8) is 0 Å². The van der Waals surface area contributed by atoms with E-state index in [1.807, 2.05) is 6.07 Å². The van der Waals surface area contributed by atoms with E-state index in [-0.39, 0.29) is 0 Å². The maximum atomic E-state index is 10.7. The zero-order valence-corrected chi connectivity index (χ0v) is 11.1. The van der Waals surface area contributed by atoms with Gasteiger partial charge in [-0.3, -0.25) is 0 Å². The van der Waals surface area contributed by atoms with Gasteiger partial charge in [0.05, 0.1) is 15.6 Å². The fourth-order valence-electron chi connectivity index (χ4n) is 2.61. The quantitative estimate of drug-likeness (QED) is 0.868. The highest BCUT2D eigenvalue weighted by Crippen LogP contribution is 2.41. The van der Waals surface area contributed by atoms with E-state index < -0.39 is 5.60 Å². The molecule has 1 saturated carbocycles. The van der Waals surface area contributed by atoms with Crippen LogP contribution in [0.5, 0.6) is 0 Å². The summed E-state index contributed by atoms with van der Waals surface area (Å²) < 4.78 is 0. The van der Waals surface area contributed by atoms with E-state index in [1.165, 1.54) is 0 Å². The van der Waals surface area contributed by atoms with Crippen LogP contribution in [0.3, 0.4) is 0 Å². The second-order valence-corrected chi connectivity index (χ2v) is 5.67. The Morgan fingerprint density at radius 2 is 2.12 bits per heavy atom. The van der Waals surface area contributed by atoms with Gasteiger partial charge in [-0.1, -0.05) is 29.3 Å². The maximum Gasteiger partial charge on any atom is 0.0900 e. The molecule has 1 aliphatic rings. The Labute approximate surface area is 112 Å². The van der Waals surface area contributed by atoms with Gasteiger partial charge >= 0.3 is 0 Å². The molecule has 0 bridgehead atoms. The first-order valence-electron chi connectivity index (χ1n) is 5.93. The second-order valence-electron chi connectivity index (χ2n) is 4.86. The van der Waals surface area contributed by atoms with Crippen LogP contribution in [0.2, 0.25) is 10.0 Å². The lowest BCUT2D eigenvalue weighted by atomic mass is 9.74. The van der Waals surface area contributed by atoms with Gasteiger partial charge in [-0.25, -0.2) is 0 Å². The van der Waals surface area contributed by atoms with Gasteiger partial charge in [0.1, 0.15) is 0 Å². The molecule has 3 N–H and O–H groups in total. The van der Waals surface area contributed by atoms with Crippen molar-refractivity contribution >= 4 is 23.2 Å². The van der Waals surface area contributed by atoms with Crippen molar-refractivity contribution in [1.29, 1.82) is 0 Å². The molecule has 0 unspecified atom stereocenters. The Morgan fingerprint density at radius 1 is 1.35 bits per heavy atom. The summed E-state index contributed by atoms with van der Waals surface area (Å²) in [5.74, 6) is 0.392. The number of hydrogen-bond donors (Lipinski definition) is 2. The lowest BCUT2D eigenvalue weighted by molar-refractivity contribution is -0.0195. The van der Waals surface area contributed by atoms with Crippen LogP contribution in [0, 0.1) is 5.92 Å². The molecule has 1 fully saturated rings. The van der Waals surface area contributed by atoms with Gasteiger partial charge in [0.15, 0.2) is 0 Å². The molecule has 94 valence electrons. The molecule has 17 heavy (non-hydrogen) atoms. The highest BCUT2D eigenvalue weighted by atomic mass is 35.5. The predicted molar refractivity (Wildman–Crippen MR) is 71.4 cm³/mol. The molecule has 0 aromatic heterocycles. The van der Waals surface area contributed by atoms with Crippen molar-refractivity contribution in [1.82, 2.24) is 0 Å². The molecule has 0 aliphatic heterocycles. The van der Waals surface area contributed by atoms with Crippen LogP contribution in [-0.4, -0.2) is 11.7 Å². The van der Waals surface area contributed by atoms with Crippen molar-refractivity contribution in [3.05, 3.63) is 33.8 Å². The molecule has 0 heterocycles. The van der Waals surface area contributed by atoms with Gasteiger partial charge in [-0.15, -0.1) is 0 Å². The van der Waals surface area contributed by atoms with E-state index in [0.717, 1.165) is 24.8 Å². The predicted octanol–water partition coefficient (Wildman–Crippen LogP) is 3.33. The SMILES string of the molecule is NC[C@@H]1CCC[C@](O)(c2ccc(Cl)c(Cl)c2)C1. The van der Waals surface area contributed by atoms with E-state index in [2.05, 4.69) is 0 Å². The molecule has 0 radical (unpaired) electrons. The standard InChI is InChI=1S/C13H17Cl2NO/c14-11-4-3-10(6-12(11)15)13(17)5-1-2-9(7-13)8-16/h3-4,6,9,17H,1-2,5,7-8,16H2/t9-,13-/m1/s1. The van der Waals surface area contributed by atoms with Crippen LogP contribution in [0.15, 0.2) is 18.2 Å². The van der Waals surface area contributed by atoms with Crippen molar-refractivity contribution in [2.45, 2.75) is 31.3 Å². The van der Waals surface area contributed by atoms with Crippen LogP contribution in [0.4, 0.5) is 0 Å². The molecular formula is C13H17Cl2NO. The Hall–Kier alpha value is -0.280. The first kappa shape index (κ1) is 13.2. The summed E-state index contributed by atoms with van der Waals surface area (Å²) >= 11 is 11.9. The van der Waals surface area contributed by atoms with Gasteiger partial charge < -0.3 is 10.8 Å². The zero-order valence-electron chi connectivity index (χ0n) is 9.63. The fraction of sp³-hybridized carbons (Fsp3) is 0.538. The van der Waals surface area contributed by atoms with E-state index in [0.29, 0.717) is 28.9 Å². The number of rotatable bonds is 2. The van der Waals surface area contributed by atoms with Gasteiger partial charge in [-0.2, -0.15) is 0 Å². The number of halogens is 2. The topological polar surface area (TPSA) is 46.2 Å². The zero-order chi connectivity index (χ0) is 12.5. The molecule has 0 amide bonds. The summed E-state index contributed by atoms with van der Waals surface area (Å²) in [7, 11) is 0. The maximum absolute atomic E-state index is 10.7. The molecule has 4 heteroatoms. The Kier molecular flexibility index (Phi) is 3.99. The molecular weight excluding hydrogens is 257 g/mol. The van der Waals surface area contributed by atoms with E-state index in [4.69, 9.17) is 28.9 Å². The summed E-state index contributed by atoms with van der Waals surface area (Å²) in [4.78, 5) is 0. The first-order valence-corrected chi connectivity index (χ1v) is 6.69. The molecule has 0 spiro atoms. The molecule has 2 nitrogen and oxygen atoms in total. The molecule has 2 atom stereocenters. The largest absolute Gasteiger partial charge is 0.385 e. The second kappa shape index (κ2) is 5.15. The van der Waals surface area contributed by atoms with Crippen LogP contribution in [0.25, 0.3) is 0 Å². The average molecular weight is 274 g/mol. The summed E-state index contributed by atoms with van der Waals surface area (Å²) in [5.41, 5.74) is 5.75. The van der Waals surface area contributed by atoms with Crippen molar-refractivity contribution in [2.24, 2.45) is 11.7 Å². The lowest BCUT2D eigenvalue weighted by Gasteiger charge is -2.37. The average Bonchev–Trinajstić information content (AvgIpc) is 2.32. The summed E-state index contributed by atoms with van der Waals surface area (Å²) in [6.45, 7) is 0.629. The molecule has 0 saturated heterocycles. The van der Waals surface area contributed by atoms with Crippen LogP contribution in [0.1, 0.15) is 31.2 Å². The number of aliphatic hydroxyl groups is 1. The summed E-state index contributed by atoms with van der Waals surface area (Å²) in [6, 6.07) is 5.36. The number of benzene rings is 1. The van der Waals surface area contributed by atoms with Gasteiger partial charge in [0, 0.05) is 0 Å². The van der Waals surface area contributed by atoms with Crippen molar-refractivity contribution < 1.29 is 5.11 Å². The van der Waals surface area contributed by atoms with Crippen LogP contribution < -0.4 is 5.73 Å². The minimum absolute atomic E-state index is 0.392. The minimum atomic E-state index is -0.795. The summed E-state index contributed by atoms with van der Waals surface area (Å²) in [6.07, 6.45) is 3.57. The third kappa shape index (κ3) is 2.76. The van der Waals surface area contributed by atoms with Crippen LogP contribution >= 0.6 is 23.2 Å². The number of hydrogen-bond acceptors (Lipinski definition) is 2. The molecule has 1 aromatic rings. The third-order valence-electron chi connectivity index (χ3n) is 3.62. The molecule has 1 aliphatic carbocycles. The monoisotopic (exact) mass is 273 g/mol. The molecule has 2 rings (SSSR count). The summed E-state index contributed by atoms with van der Waals surface area (Å²) in [5, 5.41) is 11.7. The highest BCUT2D eigenvalue weighted by molar-refractivity contribution is 6.42. The van der Waals surface area contributed by atoms with Gasteiger partial charge in [0.2, 0.25) is 0 Å². The van der Waals surface area contributed by atoms with E-state index in [9.17, 15) is 5.11 Å². The Bertz CT molecular complexity index is 410. The lowest BCUT2D eigenvalue weighted by Crippen LogP contribution is -2.35. The van der Waals surface area contributed by atoms with Crippen LogP contribution in [-0.2, 0) is 5.60 Å². The Balaban J connectivity index is 2.27.